The van der Waals surface area contributed by atoms with Gasteiger partial charge in [-0.3, -0.25) is 9.80 Å². The van der Waals surface area contributed by atoms with Crippen LogP contribution in [0.25, 0.3) is 0 Å². The van der Waals surface area contributed by atoms with E-state index in [1.54, 1.807) is 18.1 Å². The average Bonchev–Trinajstić information content (AvgIpc) is 3.18. The largest absolute Gasteiger partial charge is 0.347 e. The first-order valence-corrected chi connectivity index (χ1v) is 10.2. The summed E-state index contributed by atoms with van der Waals surface area (Å²) in [5.41, 5.74) is 7.07. The summed E-state index contributed by atoms with van der Waals surface area (Å²) in [4.78, 5) is 13.2. The maximum absolute atomic E-state index is 12.7. The van der Waals surface area contributed by atoms with E-state index in [0.29, 0.717) is 27.2 Å². The van der Waals surface area contributed by atoms with Gasteiger partial charge in [-0.1, -0.05) is 52.2 Å². The molecule has 1 aliphatic heterocycles. The van der Waals surface area contributed by atoms with Crippen LogP contribution in [0.5, 0.6) is 0 Å². The van der Waals surface area contributed by atoms with Crippen LogP contribution in [-0.2, 0) is 6.42 Å². The number of benzene rings is 1. The summed E-state index contributed by atoms with van der Waals surface area (Å²) in [6.07, 6.45) is 0.609. The van der Waals surface area contributed by atoms with Crippen LogP contribution in [0.4, 0.5) is 0 Å². The minimum Gasteiger partial charge on any atom is -0.347 e. The number of carbonyl (C=O) groups is 1. The zero-order valence-electron chi connectivity index (χ0n) is 14.4. The van der Waals surface area contributed by atoms with Crippen LogP contribution in [0, 0.1) is 0 Å². The Morgan fingerprint density at radius 2 is 2.07 bits per heavy atom. The molecule has 1 aliphatic rings. The third-order valence-corrected chi connectivity index (χ3v) is 6.20. The fourth-order valence-electron chi connectivity index (χ4n) is 2.83. The zero-order valence-corrected chi connectivity index (χ0v) is 17.5. The Balaban J connectivity index is 1.70. The second-order valence-electron chi connectivity index (χ2n) is 6.17. The molecule has 1 aromatic heterocycles. The molecule has 0 spiro atoms. The van der Waals surface area contributed by atoms with E-state index in [2.05, 4.69) is 15.7 Å². The standard InChI is InChI=1S/C17H18Cl3N5OS/c1-25-14(15(19)23-24-25)12-7-13(27-16(12)20)17(26)22-11(8-21)6-9-2-4-10(18)5-3-9/h2-5,7,11,14-15H,6,8,21H2,1H3,(H,22,26)/t11-,14?,15?/m0/s1. The minimum absolute atomic E-state index is 0.206. The minimum atomic E-state index is -0.542. The highest BCUT2D eigenvalue weighted by molar-refractivity contribution is 7.18. The Hall–Kier alpha value is -1.38. The van der Waals surface area contributed by atoms with Gasteiger partial charge in [-0.15, -0.1) is 16.5 Å². The van der Waals surface area contributed by atoms with E-state index in [-0.39, 0.29) is 18.0 Å². The van der Waals surface area contributed by atoms with Crippen molar-refractivity contribution >= 4 is 52.0 Å². The summed E-state index contributed by atoms with van der Waals surface area (Å²) in [5, 5.41) is 13.1. The number of halogens is 3. The van der Waals surface area contributed by atoms with Crippen LogP contribution in [0.2, 0.25) is 9.36 Å². The van der Waals surface area contributed by atoms with Gasteiger partial charge in [0.15, 0.2) is 5.50 Å². The Labute approximate surface area is 176 Å². The summed E-state index contributed by atoms with van der Waals surface area (Å²) in [6, 6.07) is 8.70. The number of hydrogen-bond donors (Lipinski definition) is 2. The van der Waals surface area contributed by atoms with E-state index in [9.17, 15) is 4.79 Å². The molecule has 0 fully saturated rings. The van der Waals surface area contributed by atoms with Gasteiger partial charge < -0.3 is 11.1 Å². The number of nitrogens with two attached hydrogens (primary N) is 1. The van der Waals surface area contributed by atoms with Crippen molar-refractivity contribution in [3.05, 3.63) is 55.7 Å². The van der Waals surface area contributed by atoms with Gasteiger partial charge in [-0.25, -0.2) is 0 Å². The van der Waals surface area contributed by atoms with Crippen molar-refractivity contribution in [3.8, 4) is 0 Å². The monoisotopic (exact) mass is 445 g/mol. The average molecular weight is 447 g/mol. The van der Waals surface area contributed by atoms with Crippen LogP contribution in [0.15, 0.2) is 40.7 Å². The molecule has 0 bridgehead atoms. The molecule has 1 aromatic carbocycles. The number of amides is 1. The molecule has 2 heterocycles. The number of thiophene rings is 1. The van der Waals surface area contributed by atoms with Gasteiger partial charge in [-0.2, -0.15) is 0 Å². The third-order valence-electron chi connectivity index (χ3n) is 4.24. The summed E-state index contributed by atoms with van der Waals surface area (Å²) < 4.78 is 0.497. The van der Waals surface area contributed by atoms with Crippen molar-refractivity contribution in [3.63, 3.8) is 0 Å². The third kappa shape index (κ3) is 4.73. The van der Waals surface area contributed by atoms with Gasteiger partial charge in [-0.05, 0) is 30.2 Å². The lowest BCUT2D eigenvalue weighted by molar-refractivity contribution is 0.0942. The smallest absolute Gasteiger partial charge is 0.261 e. The Bertz CT molecular complexity index is 830. The molecule has 144 valence electrons. The zero-order chi connectivity index (χ0) is 19.6. The van der Waals surface area contributed by atoms with E-state index in [1.165, 1.54) is 11.3 Å². The topological polar surface area (TPSA) is 83.1 Å². The van der Waals surface area contributed by atoms with E-state index in [1.807, 2.05) is 24.3 Å². The molecule has 0 saturated carbocycles. The number of hydrogen-bond acceptors (Lipinski definition) is 6. The van der Waals surface area contributed by atoms with Crippen LogP contribution in [0.1, 0.15) is 26.8 Å². The molecule has 6 nitrogen and oxygen atoms in total. The van der Waals surface area contributed by atoms with Gasteiger partial charge in [0, 0.05) is 30.2 Å². The second-order valence-corrected chi connectivity index (χ2v) is 8.71. The number of nitrogens with zero attached hydrogens (tertiary/aromatic N) is 3. The van der Waals surface area contributed by atoms with E-state index < -0.39 is 5.50 Å². The molecule has 3 rings (SSSR count). The number of likely N-dealkylation sites (N-methyl/N-ethyl adjacent to an activating group) is 1. The SMILES string of the molecule is CN1N=NC(Cl)C1c1cc(C(=O)N[C@H](CN)Cc2ccc(Cl)cc2)sc1Cl. The Morgan fingerprint density at radius 1 is 1.37 bits per heavy atom. The predicted molar refractivity (Wildman–Crippen MR) is 110 cm³/mol. The molecule has 27 heavy (non-hydrogen) atoms. The first-order chi connectivity index (χ1) is 12.9. The van der Waals surface area contributed by atoms with Crippen molar-refractivity contribution in [1.82, 2.24) is 10.3 Å². The molecular formula is C17H18Cl3N5OS. The first-order valence-electron chi connectivity index (χ1n) is 8.21. The molecule has 10 heteroatoms. The van der Waals surface area contributed by atoms with E-state index in [4.69, 9.17) is 40.5 Å². The second kappa shape index (κ2) is 8.75. The Morgan fingerprint density at radius 3 is 2.67 bits per heavy atom. The van der Waals surface area contributed by atoms with Crippen molar-refractivity contribution in [2.24, 2.45) is 16.1 Å². The lowest BCUT2D eigenvalue weighted by atomic mass is 10.1. The molecule has 3 N–H and O–H groups in total. The summed E-state index contributed by atoms with van der Waals surface area (Å²) in [7, 11) is 1.76. The van der Waals surface area contributed by atoms with E-state index >= 15 is 0 Å². The quantitative estimate of drug-likeness (QED) is 0.513. The molecular weight excluding hydrogens is 429 g/mol. The van der Waals surface area contributed by atoms with E-state index in [0.717, 1.165) is 11.1 Å². The number of nitrogens with one attached hydrogen (secondary N) is 1. The lowest BCUT2D eigenvalue weighted by Crippen LogP contribution is -2.41. The molecule has 0 radical (unpaired) electrons. The highest BCUT2D eigenvalue weighted by Crippen LogP contribution is 2.40. The predicted octanol–water partition coefficient (Wildman–Crippen LogP) is 4.27. The molecule has 1 amide bonds. The van der Waals surface area contributed by atoms with Crippen molar-refractivity contribution in [1.29, 1.82) is 0 Å². The fraction of sp³-hybridized carbons (Fsp3) is 0.353. The summed E-state index contributed by atoms with van der Waals surface area (Å²) in [5.74, 6) is -0.224. The van der Waals surface area contributed by atoms with Gasteiger partial charge in [0.25, 0.3) is 5.91 Å². The van der Waals surface area contributed by atoms with Crippen LogP contribution >= 0.6 is 46.1 Å². The van der Waals surface area contributed by atoms with Gasteiger partial charge in [0.1, 0.15) is 6.04 Å². The number of rotatable bonds is 6. The lowest BCUT2D eigenvalue weighted by Gasteiger charge is -2.18. The molecule has 2 aromatic rings. The number of carbonyl (C=O) groups excluding carboxylic acids is 1. The first kappa shape index (κ1) is 20.4. The highest BCUT2D eigenvalue weighted by atomic mass is 35.5. The molecule has 2 unspecified atom stereocenters. The maximum Gasteiger partial charge on any atom is 0.261 e. The van der Waals surface area contributed by atoms with Gasteiger partial charge in [0.2, 0.25) is 0 Å². The fourth-order valence-corrected chi connectivity index (χ4v) is 4.54. The number of alkyl halides is 1. The highest BCUT2D eigenvalue weighted by Gasteiger charge is 2.33. The van der Waals surface area contributed by atoms with Crippen molar-refractivity contribution in [2.75, 3.05) is 13.6 Å². The van der Waals surface area contributed by atoms with Gasteiger partial charge >= 0.3 is 0 Å². The van der Waals surface area contributed by atoms with Crippen LogP contribution in [-0.4, -0.2) is 36.1 Å². The molecule has 0 saturated heterocycles. The van der Waals surface area contributed by atoms with Crippen molar-refractivity contribution < 1.29 is 4.79 Å². The van der Waals surface area contributed by atoms with Crippen LogP contribution in [0.3, 0.4) is 0 Å². The van der Waals surface area contributed by atoms with Crippen molar-refractivity contribution in [2.45, 2.75) is 24.0 Å². The van der Waals surface area contributed by atoms with Gasteiger partial charge in [0.05, 0.1) is 9.21 Å². The normalized spacial score (nSPS) is 20.1. The Kier molecular flexibility index (Phi) is 6.60. The molecule has 3 atom stereocenters. The molecule has 0 aliphatic carbocycles. The van der Waals surface area contributed by atoms with Crippen LogP contribution < -0.4 is 11.1 Å². The maximum atomic E-state index is 12.7. The summed E-state index contributed by atoms with van der Waals surface area (Å²) >= 11 is 19.6. The summed E-state index contributed by atoms with van der Waals surface area (Å²) in [6.45, 7) is 0.313.